The molecular formula is C15H19FN4O. The minimum atomic E-state index is -0.374. The molecule has 112 valence electrons. The number of carbonyl (C=O) groups excluding carboxylic acids is 1. The molecule has 1 atom stereocenters. The third-order valence-electron chi connectivity index (χ3n) is 4.06. The number of aromatic nitrogens is 2. The van der Waals surface area contributed by atoms with Crippen molar-refractivity contribution in [2.24, 2.45) is 13.0 Å². The summed E-state index contributed by atoms with van der Waals surface area (Å²) in [7, 11) is 1.77. The van der Waals surface area contributed by atoms with Gasteiger partial charge in [0.25, 0.3) is 0 Å². The smallest absolute Gasteiger partial charge is 0.226 e. The van der Waals surface area contributed by atoms with Crippen LogP contribution >= 0.6 is 0 Å². The molecule has 0 bridgehead atoms. The number of carbonyl (C=O) groups is 1. The topological polar surface area (TPSA) is 59.0 Å². The molecule has 1 saturated heterocycles. The van der Waals surface area contributed by atoms with Crippen LogP contribution < -0.4 is 10.6 Å². The summed E-state index contributed by atoms with van der Waals surface area (Å²) in [5.41, 5.74) is 0.959. The van der Waals surface area contributed by atoms with Gasteiger partial charge in [-0.3, -0.25) is 10.1 Å². The molecule has 2 heterocycles. The number of anilines is 1. The zero-order valence-corrected chi connectivity index (χ0v) is 12.0. The fourth-order valence-electron chi connectivity index (χ4n) is 2.78. The average molecular weight is 290 g/mol. The number of rotatable bonds is 4. The average Bonchev–Trinajstić information content (AvgIpc) is 3.08. The SMILES string of the molecule is Cn1c(NC(=O)CCC2CCNC2)nc2c(F)cccc21. The van der Waals surface area contributed by atoms with Crippen molar-refractivity contribution in [3.05, 3.63) is 24.0 Å². The third kappa shape index (κ3) is 2.90. The molecule has 1 aromatic heterocycles. The van der Waals surface area contributed by atoms with E-state index < -0.39 is 0 Å². The van der Waals surface area contributed by atoms with Crippen molar-refractivity contribution in [2.45, 2.75) is 19.3 Å². The van der Waals surface area contributed by atoms with Gasteiger partial charge in [0.15, 0.2) is 5.82 Å². The molecular weight excluding hydrogens is 271 g/mol. The molecule has 6 heteroatoms. The van der Waals surface area contributed by atoms with Crippen LogP contribution in [0.25, 0.3) is 11.0 Å². The summed E-state index contributed by atoms with van der Waals surface area (Å²) < 4.78 is 15.4. The van der Waals surface area contributed by atoms with E-state index in [1.165, 1.54) is 6.07 Å². The molecule has 0 aliphatic carbocycles. The molecule has 1 aliphatic heterocycles. The number of hydrogen-bond donors (Lipinski definition) is 2. The van der Waals surface area contributed by atoms with E-state index in [4.69, 9.17) is 0 Å². The number of halogens is 1. The maximum atomic E-state index is 13.7. The first-order chi connectivity index (χ1) is 10.1. The summed E-state index contributed by atoms with van der Waals surface area (Å²) in [6.45, 7) is 2.03. The van der Waals surface area contributed by atoms with Gasteiger partial charge in [0, 0.05) is 13.5 Å². The summed E-state index contributed by atoms with van der Waals surface area (Å²) >= 11 is 0. The summed E-state index contributed by atoms with van der Waals surface area (Å²) in [5.74, 6) is 0.527. The number of hydrogen-bond acceptors (Lipinski definition) is 3. The van der Waals surface area contributed by atoms with Crippen LogP contribution in [-0.4, -0.2) is 28.5 Å². The molecule has 0 spiro atoms. The van der Waals surface area contributed by atoms with Crippen molar-refractivity contribution < 1.29 is 9.18 Å². The number of imidazole rings is 1. The Kier molecular flexibility index (Phi) is 3.88. The second kappa shape index (κ2) is 5.81. The van der Waals surface area contributed by atoms with E-state index in [0.29, 0.717) is 23.8 Å². The number of amides is 1. The Hall–Kier alpha value is -1.95. The number of fused-ring (bicyclic) bond motifs is 1. The normalized spacial score (nSPS) is 18.3. The molecule has 2 N–H and O–H groups in total. The maximum Gasteiger partial charge on any atom is 0.226 e. The van der Waals surface area contributed by atoms with E-state index in [1.54, 1.807) is 23.7 Å². The lowest BCUT2D eigenvalue weighted by Crippen LogP contribution is -2.17. The molecule has 1 unspecified atom stereocenters. The predicted octanol–water partition coefficient (Wildman–Crippen LogP) is 2.04. The zero-order chi connectivity index (χ0) is 14.8. The van der Waals surface area contributed by atoms with Crippen LogP contribution in [0.5, 0.6) is 0 Å². The molecule has 1 fully saturated rings. The molecule has 1 aromatic carbocycles. The highest BCUT2D eigenvalue weighted by Crippen LogP contribution is 2.21. The lowest BCUT2D eigenvalue weighted by Gasteiger charge is -2.08. The Morgan fingerprint density at radius 2 is 2.43 bits per heavy atom. The van der Waals surface area contributed by atoms with Gasteiger partial charge in [0.2, 0.25) is 11.9 Å². The highest BCUT2D eigenvalue weighted by atomic mass is 19.1. The number of nitrogens with zero attached hydrogens (tertiary/aromatic N) is 2. The third-order valence-corrected chi connectivity index (χ3v) is 4.06. The van der Waals surface area contributed by atoms with Crippen LogP contribution in [0.1, 0.15) is 19.3 Å². The Morgan fingerprint density at radius 3 is 3.14 bits per heavy atom. The van der Waals surface area contributed by atoms with Gasteiger partial charge in [-0.2, -0.15) is 0 Å². The fraction of sp³-hybridized carbons (Fsp3) is 0.467. The monoisotopic (exact) mass is 290 g/mol. The highest BCUT2D eigenvalue weighted by Gasteiger charge is 2.17. The first kappa shape index (κ1) is 14.0. The van der Waals surface area contributed by atoms with E-state index in [9.17, 15) is 9.18 Å². The molecule has 0 saturated carbocycles. The molecule has 21 heavy (non-hydrogen) atoms. The highest BCUT2D eigenvalue weighted by molar-refractivity contribution is 5.91. The van der Waals surface area contributed by atoms with Gasteiger partial charge in [-0.05, 0) is 44.0 Å². The van der Waals surface area contributed by atoms with E-state index in [1.807, 2.05) is 0 Å². The molecule has 3 rings (SSSR count). The van der Waals surface area contributed by atoms with Gasteiger partial charge in [0.05, 0.1) is 5.52 Å². The summed E-state index contributed by atoms with van der Waals surface area (Å²) in [5, 5.41) is 6.07. The second-order valence-corrected chi connectivity index (χ2v) is 5.55. The largest absolute Gasteiger partial charge is 0.316 e. The summed E-state index contributed by atoms with van der Waals surface area (Å²) in [6, 6.07) is 4.79. The summed E-state index contributed by atoms with van der Waals surface area (Å²) in [6.07, 6.45) is 2.47. The fourth-order valence-corrected chi connectivity index (χ4v) is 2.78. The minimum absolute atomic E-state index is 0.0688. The van der Waals surface area contributed by atoms with E-state index in [2.05, 4.69) is 15.6 Å². The zero-order valence-electron chi connectivity index (χ0n) is 12.0. The molecule has 0 radical (unpaired) electrons. The minimum Gasteiger partial charge on any atom is -0.316 e. The lowest BCUT2D eigenvalue weighted by atomic mass is 10.0. The van der Waals surface area contributed by atoms with Crippen molar-refractivity contribution in [3.8, 4) is 0 Å². The number of benzene rings is 1. The van der Waals surface area contributed by atoms with Crippen LogP contribution in [0.2, 0.25) is 0 Å². The maximum absolute atomic E-state index is 13.7. The van der Waals surface area contributed by atoms with Gasteiger partial charge in [-0.1, -0.05) is 6.07 Å². The van der Waals surface area contributed by atoms with Crippen molar-refractivity contribution >= 4 is 22.9 Å². The van der Waals surface area contributed by atoms with E-state index in [-0.39, 0.29) is 17.2 Å². The first-order valence-electron chi connectivity index (χ1n) is 7.26. The van der Waals surface area contributed by atoms with Crippen LogP contribution in [-0.2, 0) is 11.8 Å². The van der Waals surface area contributed by atoms with Crippen molar-refractivity contribution in [1.82, 2.24) is 14.9 Å². The quantitative estimate of drug-likeness (QED) is 0.906. The standard InChI is InChI=1S/C15H19FN4O/c1-20-12-4-2-3-11(16)14(12)19-15(20)18-13(21)6-5-10-7-8-17-9-10/h2-4,10,17H,5-9H2,1H3,(H,18,19,21). The van der Waals surface area contributed by atoms with Gasteiger partial charge >= 0.3 is 0 Å². The van der Waals surface area contributed by atoms with Crippen LogP contribution in [0.15, 0.2) is 18.2 Å². The number of para-hydroxylation sites is 1. The second-order valence-electron chi connectivity index (χ2n) is 5.55. The Bertz CT molecular complexity index is 661. The van der Waals surface area contributed by atoms with Gasteiger partial charge in [-0.15, -0.1) is 0 Å². The molecule has 1 amide bonds. The van der Waals surface area contributed by atoms with Crippen LogP contribution in [0.3, 0.4) is 0 Å². The summed E-state index contributed by atoms with van der Waals surface area (Å²) in [4.78, 5) is 16.2. The van der Waals surface area contributed by atoms with Gasteiger partial charge in [0.1, 0.15) is 5.52 Å². The number of nitrogens with one attached hydrogen (secondary N) is 2. The Balaban J connectivity index is 1.68. The molecule has 2 aromatic rings. The van der Waals surface area contributed by atoms with Gasteiger partial charge < -0.3 is 9.88 Å². The van der Waals surface area contributed by atoms with E-state index in [0.717, 1.165) is 25.9 Å². The lowest BCUT2D eigenvalue weighted by molar-refractivity contribution is -0.116. The van der Waals surface area contributed by atoms with Crippen molar-refractivity contribution in [1.29, 1.82) is 0 Å². The van der Waals surface area contributed by atoms with Crippen molar-refractivity contribution in [3.63, 3.8) is 0 Å². The van der Waals surface area contributed by atoms with Crippen LogP contribution in [0.4, 0.5) is 10.3 Å². The van der Waals surface area contributed by atoms with Crippen LogP contribution in [0, 0.1) is 11.7 Å². The first-order valence-corrected chi connectivity index (χ1v) is 7.26. The molecule has 1 aliphatic rings. The van der Waals surface area contributed by atoms with E-state index >= 15 is 0 Å². The Morgan fingerprint density at radius 1 is 1.57 bits per heavy atom. The Labute approximate surface area is 122 Å². The van der Waals surface area contributed by atoms with Crippen molar-refractivity contribution in [2.75, 3.05) is 18.4 Å². The van der Waals surface area contributed by atoms with Gasteiger partial charge in [-0.25, -0.2) is 9.37 Å². The predicted molar refractivity (Wildman–Crippen MR) is 79.5 cm³/mol. The molecule has 5 nitrogen and oxygen atoms in total. The number of aryl methyl sites for hydroxylation is 1.